The molecule has 3 heteroatoms. The molecule has 0 aromatic heterocycles. The summed E-state index contributed by atoms with van der Waals surface area (Å²) in [5.41, 5.74) is 0. The van der Waals surface area contributed by atoms with Crippen molar-refractivity contribution in [2.75, 3.05) is 0 Å². The topological polar surface area (TPSA) is 0 Å². The zero-order valence-corrected chi connectivity index (χ0v) is 7.71. The van der Waals surface area contributed by atoms with Gasteiger partial charge in [-0.15, -0.1) is 0 Å². The van der Waals surface area contributed by atoms with E-state index in [9.17, 15) is 4.39 Å². The Morgan fingerprint density at radius 3 is 2.33 bits per heavy atom. The molecule has 0 atom stereocenters. The lowest BCUT2D eigenvalue weighted by Crippen LogP contribution is -1.60. The van der Waals surface area contributed by atoms with Gasteiger partial charge in [-0.2, -0.15) is 0 Å². The Labute approximate surface area is 70.5 Å². The third-order valence-electron chi connectivity index (χ3n) is 0.549. The summed E-state index contributed by atoms with van der Waals surface area (Å²) in [6.45, 7) is 6.66. The smallest absolute Gasteiger partial charge is 0.116 e. The van der Waals surface area contributed by atoms with Gasteiger partial charge >= 0.3 is 0 Å². The monoisotopic (exact) mass is 256 g/mol. The molecule has 50 valence electrons. The number of hydrogen-bond donors (Lipinski definition) is 0. The van der Waals surface area contributed by atoms with Gasteiger partial charge in [-0.05, 0) is 12.2 Å². The van der Waals surface area contributed by atoms with E-state index in [-0.39, 0.29) is 0 Å². The molecule has 0 spiro atoms. The highest BCUT2D eigenvalue weighted by atomic mass is 127. The van der Waals surface area contributed by atoms with Crippen LogP contribution in [0.25, 0.3) is 0 Å². The summed E-state index contributed by atoms with van der Waals surface area (Å²) in [5, 5.41) is 0. The van der Waals surface area contributed by atoms with Crippen LogP contribution in [0.3, 0.4) is 0 Å². The first kappa shape index (κ1) is 9.23. The first-order valence-corrected chi connectivity index (χ1v) is 5.52. The van der Waals surface area contributed by atoms with Gasteiger partial charge in [0.25, 0.3) is 0 Å². The molecule has 0 N–H and O–H groups in total. The van der Waals surface area contributed by atoms with Gasteiger partial charge in [0.1, 0.15) is 5.83 Å². The molecule has 0 amide bonds. The number of rotatable bonds is 3. The van der Waals surface area contributed by atoms with Gasteiger partial charge in [0, 0.05) is 26.1 Å². The summed E-state index contributed by atoms with van der Waals surface area (Å²) in [4.78, 5) is 0.814. The average Bonchev–Trinajstić information content (AvgIpc) is 1.83. The van der Waals surface area contributed by atoms with Gasteiger partial charge in [-0.25, -0.2) is 4.39 Å². The summed E-state index contributed by atoms with van der Waals surface area (Å²) < 4.78 is 11.9. The molecule has 0 radical (unpaired) electrons. The zero-order chi connectivity index (χ0) is 7.28. The van der Waals surface area contributed by atoms with Gasteiger partial charge in [0.15, 0.2) is 0 Å². The maximum atomic E-state index is 11.9. The second-order valence-corrected chi connectivity index (χ2v) is 3.32. The van der Waals surface area contributed by atoms with Crippen LogP contribution >= 0.6 is 30.1 Å². The van der Waals surface area contributed by atoms with E-state index in [1.165, 1.54) is 15.0 Å². The summed E-state index contributed by atoms with van der Waals surface area (Å²) in [6.07, 6.45) is 2.87. The summed E-state index contributed by atoms with van der Waals surface area (Å²) in [6, 6.07) is 0. The predicted molar refractivity (Wildman–Crippen MR) is 50.1 cm³/mol. The van der Waals surface area contributed by atoms with Crippen molar-refractivity contribution in [3.8, 4) is 0 Å². The second kappa shape index (κ2) is 5.05. The van der Waals surface area contributed by atoms with Crippen molar-refractivity contribution in [3.05, 3.63) is 36.0 Å². The Bertz CT molecular complexity index is 151. The minimum absolute atomic E-state index is 0.443. The van der Waals surface area contributed by atoms with Gasteiger partial charge in [0.05, 0.1) is 0 Å². The molecule has 0 heterocycles. The molecule has 0 aliphatic rings. The van der Waals surface area contributed by atoms with Crippen molar-refractivity contribution >= 4 is 30.1 Å². The average molecular weight is 256 g/mol. The SMILES string of the molecule is C=C(F)/C=C\C(=C)SI. The van der Waals surface area contributed by atoms with E-state index >= 15 is 0 Å². The van der Waals surface area contributed by atoms with E-state index in [0.29, 0.717) is 0 Å². The molecular formula is C6H6FIS. The molecule has 9 heavy (non-hydrogen) atoms. The molecule has 0 aromatic rings. The lowest BCUT2D eigenvalue weighted by Gasteiger charge is -1.85. The van der Waals surface area contributed by atoms with Crippen molar-refractivity contribution in [3.63, 3.8) is 0 Å². The van der Waals surface area contributed by atoms with Gasteiger partial charge in [-0.1, -0.05) is 22.1 Å². The molecule has 0 bridgehead atoms. The summed E-state index contributed by atoms with van der Waals surface area (Å²) in [5.74, 6) is -0.443. The Hall–Kier alpha value is 0.230. The van der Waals surface area contributed by atoms with E-state index < -0.39 is 5.83 Å². The molecule has 0 aliphatic carbocycles. The van der Waals surface area contributed by atoms with Crippen molar-refractivity contribution < 1.29 is 4.39 Å². The van der Waals surface area contributed by atoms with E-state index in [1.54, 1.807) is 6.08 Å². The van der Waals surface area contributed by atoms with Crippen LogP contribution in [-0.2, 0) is 0 Å². The molecule has 0 aliphatic heterocycles. The Balaban J connectivity index is 3.71. The normalized spacial score (nSPS) is 10.0. The highest BCUT2D eigenvalue weighted by molar-refractivity contribution is 14.2. The molecule has 0 nitrogen and oxygen atoms in total. The van der Waals surface area contributed by atoms with Crippen LogP contribution in [0.15, 0.2) is 36.0 Å². The molecule has 0 saturated carbocycles. The third kappa shape index (κ3) is 6.11. The number of hydrogen-bond acceptors (Lipinski definition) is 1. The van der Waals surface area contributed by atoms with Crippen molar-refractivity contribution in [1.29, 1.82) is 0 Å². The van der Waals surface area contributed by atoms with Crippen LogP contribution < -0.4 is 0 Å². The fraction of sp³-hybridized carbons (Fsp3) is 0. The molecule has 0 fully saturated rings. The minimum atomic E-state index is -0.443. The van der Waals surface area contributed by atoms with Crippen LogP contribution in [0.4, 0.5) is 4.39 Å². The van der Waals surface area contributed by atoms with Crippen molar-refractivity contribution in [2.45, 2.75) is 0 Å². The predicted octanol–water partition coefficient (Wildman–Crippen LogP) is 3.62. The van der Waals surface area contributed by atoms with Crippen molar-refractivity contribution in [2.24, 2.45) is 0 Å². The fourth-order valence-corrected chi connectivity index (χ4v) is 0.769. The van der Waals surface area contributed by atoms with E-state index in [4.69, 9.17) is 0 Å². The third-order valence-corrected chi connectivity index (χ3v) is 2.58. The maximum Gasteiger partial charge on any atom is 0.116 e. The van der Waals surface area contributed by atoms with Crippen LogP contribution in [0.2, 0.25) is 0 Å². The molecule has 0 aromatic carbocycles. The van der Waals surface area contributed by atoms with E-state index in [1.807, 2.05) is 0 Å². The van der Waals surface area contributed by atoms with Crippen LogP contribution in [0.1, 0.15) is 0 Å². The molecule has 0 rings (SSSR count). The van der Waals surface area contributed by atoms with Gasteiger partial charge in [0.2, 0.25) is 0 Å². The van der Waals surface area contributed by atoms with Gasteiger partial charge < -0.3 is 0 Å². The highest BCUT2D eigenvalue weighted by Crippen LogP contribution is 2.22. The number of halogens is 2. The lowest BCUT2D eigenvalue weighted by atomic mass is 10.4. The fourth-order valence-electron chi connectivity index (χ4n) is 0.209. The number of allylic oxidation sites excluding steroid dienone is 3. The molecule has 0 saturated heterocycles. The molecular weight excluding hydrogens is 250 g/mol. The van der Waals surface area contributed by atoms with E-state index in [2.05, 4.69) is 34.4 Å². The Morgan fingerprint density at radius 2 is 2.00 bits per heavy atom. The Morgan fingerprint density at radius 1 is 1.44 bits per heavy atom. The highest BCUT2D eigenvalue weighted by Gasteiger charge is 1.83. The zero-order valence-electron chi connectivity index (χ0n) is 4.73. The van der Waals surface area contributed by atoms with Crippen LogP contribution in [0, 0.1) is 0 Å². The van der Waals surface area contributed by atoms with Gasteiger partial charge in [-0.3, -0.25) is 0 Å². The first-order chi connectivity index (χ1) is 4.16. The summed E-state index contributed by atoms with van der Waals surface area (Å²) >= 11 is 2.07. The second-order valence-electron chi connectivity index (χ2n) is 1.32. The minimum Gasteiger partial charge on any atom is -0.208 e. The molecule has 0 unspecified atom stereocenters. The maximum absolute atomic E-state index is 11.9. The van der Waals surface area contributed by atoms with Crippen molar-refractivity contribution in [1.82, 2.24) is 0 Å². The lowest BCUT2D eigenvalue weighted by molar-refractivity contribution is 0.671. The Kier molecular flexibility index (Phi) is 5.18. The first-order valence-electron chi connectivity index (χ1n) is 2.17. The summed E-state index contributed by atoms with van der Waals surface area (Å²) in [7, 11) is 1.45. The van der Waals surface area contributed by atoms with Crippen LogP contribution in [-0.4, -0.2) is 0 Å². The van der Waals surface area contributed by atoms with Crippen LogP contribution in [0.5, 0.6) is 0 Å². The van der Waals surface area contributed by atoms with E-state index in [0.717, 1.165) is 4.91 Å². The standard InChI is InChI=1S/C6H6FIS/c1-5(7)3-4-6(2)9-8/h3-4H,1-2H2/b4-3-. The quantitative estimate of drug-likeness (QED) is 0.549. The largest absolute Gasteiger partial charge is 0.208 e.